The van der Waals surface area contributed by atoms with Gasteiger partial charge in [0.05, 0.1) is 5.69 Å². The first-order valence-corrected chi connectivity index (χ1v) is 4.98. The fraction of sp³-hybridized carbons (Fsp3) is 0.182. The summed E-state index contributed by atoms with van der Waals surface area (Å²) in [6.07, 6.45) is -3.30. The largest absolute Gasteiger partial charge is 0.573 e. The number of hydrogen-bond acceptors (Lipinski definition) is 4. The predicted octanol–water partition coefficient (Wildman–Crippen LogP) is 3.12. The van der Waals surface area contributed by atoms with Crippen LogP contribution in [0.25, 0.3) is 11.5 Å². The highest BCUT2D eigenvalue weighted by atomic mass is 35.5. The zero-order valence-corrected chi connectivity index (χ0v) is 10.3. The van der Waals surface area contributed by atoms with Crippen molar-refractivity contribution in [3.63, 3.8) is 0 Å². The number of hydrogen-bond donors (Lipinski definition) is 1. The number of nitrogens with two attached hydrogens (primary N) is 1. The molecule has 19 heavy (non-hydrogen) atoms. The molecule has 104 valence electrons. The molecule has 0 saturated carbocycles. The first-order valence-electron chi connectivity index (χ1n) is 4.98. The highest BCUT2D eigenvalue weighted by molar-refractivity contribution is 5.85. The second kappa shape index (κ2) is 5.94. The molecule has 0 radical (unpaired) electrons. The molecule has 4 nitrogen and oxygen atoms in total. The van der Waals surface area contributed by atoms with E-state index in [2.05, 4.69) is 9.72 Å². The maximum Gasteiger partial charge on any atom is 0.573 e. The molecule has 0 aliphatic rings. The highest BCUT2D eigenvalue weighted by Gasteiger charge is 2.31. The summed E-state index contributed by atoms with van der Waals surface area (Å²) in [4.78, 5) is 4.05. The number of benzene rings is 1. The van der Waals surface area contributed by atoms with Crippen molar-refractivity contribution in [1.29, 1.82) is 0 Å². The summed E-state index contributed by atoms with van der Waals surface area (Å²) < 4.78 is 44.7. The molecular weight excluding hydrogens is 285 g/mol. The summed E-state index contributed by atoms with van der Waals surface area (Å²) in [6, 6.07) is 5.23. The Morgan fingerprint density at radius 3 is 2.32 bits per heavy atom. The summed E-state index contributed by atoms with van der Waals surface area (Å²) in [5.41, 5.74) is 6.48. The van der Waals surface area contributed by atoms with Crippen molar-refractivity contribution in [3.05, 3.63) is 36.2 Å². The second-order valence-corrected chi connectivity index (χ2v) is 3.42. The Balaban J connectivity index is 0.00000180. The van der Waals surface area contributed by atoms with Crippen LogP contribution in [-0.4, -0.2) is 11.3 Å². The van der Waals surface area contributed by atoms with Crippen LogP contribution in [0.4, 0.5) is 13.2 Å². The molecule has 0 unspecified atom stereocenters. The predicted molar refractivity (Wildman–Crippen MR) is 63.8 cm³/mol. The third-order valence-electron chi connectivity index (χ3n) is 2.10. The Morgan fingerprint density at radius 1 is 1.21 bits per heavy atom. The van der Waals surface area contributed by atoms with Crippen molar-refractivity contribution in [3.8, 4) is 17.2 Å². The highest BCUT2D eigenvalue weighted by Crippen LogP contribution is 2.26. The van der Waals surface area contributed by atoms with Crippen LogP contribution in [0, 0.1) is 0 Å². The molecule has 1 heterocycles. The molecule has 2 N–H and O–H groups in total. The van der Waals surface area contributed by atoms with Crippen LogP contribution in [0.3, 0.4) is 0 Å². The first kappa shape index (κ1) is 15.3. The van der Waals surface area contributed by atoms with Gasteiger partial charge in [-0.2, -0.15) is 0 Å². The molecule has 2 rings (SSSR count). The van der Waals surface area contributed by atoms with E-state index in [9.17, 15) is 13.2 Å². The number of alkyl halides is 3. The van der Waals surface area contributed by atoms with Gasteiger partial charge in [0.2, 0.25) is 5.89 Å². The maximum atomic E-state index is 11.9. The van der Waals surface area contributed by atoms with Crippen molar-refractivity contribution in [2.45, 2.75) is 12.9 Å². The van der Waals surface area contributed by atoms with Gasteiger partial charge in [0, 0.05) is 12.1 Å². The number of aromatic nitrogens is 1. The molecule has 0 atom stereocenters. The van der Waals surface area contributed by atoms with E-state index in [-0.39, 0.29) is 24.7 Å². The summed E-state index contributed by atoms with van der Waals surface area (Å²) in [5.74, 6) is 0.00543. The van der Waals surface area contributed by atoms with Gasteiger partial charge in [0.15, 0.2) is 0 Å². The van der Waals surface area contributed by atoms with E-state index in [0.29, 0.717) is 17.1 Å². The van der Waals surface area contributed by atoms with Gasteiger partial charge >= 0.3 is 6.36 Å². The van der Waals surface area contributed by atoms with Crippen LogP contribution in [0.15, 0.2) is 34.9 Å². The fourth-order valence-corrected chi connectivity index (χ4v) is 1.33. The van der Waals surface area contributed by atoms with E-state index >= 15 is 0 Å². The molecule has 1 aromatic heterocycles. The minimum absolute atomic E-state index is 0. The average molecular weight is 295 g/mol. The summed E-state index contributed by atoms with van der Waals surface area (Å²) in [7, 11) is 0. The molecule has 2 aromatic rings. The van der Waals surface area contributed by atoms with Gasteiger partial charge in [0.1, 0.15) is 12.0 Å². The van der Waals surface area contributed by atoms with Gasteiger partial charge in [-0.25, -0.2) is 4.98 Å². The lowest BCUT2D eigenvalue weighted by atomic mass is 10.2. The molecule has 1 aromatic carbocycles. The second-order valence-electron chi connectivity index (χ2n) is 3.42. The Labute approximate surface area is 112 Å². The SMILES string of the molecule is Cl.NCc1coc(-c2ccc(OC(F)(F)F)cc2)n1. The van der Waals surface area contributed by atoms with Crippen molar-refractivity contribution >= 4 is 12.4 Å². The standard InChI is InChI=1S/C11H9F3N2O2.ClH/c12-11(13,14)18-9-3-1-7(2-4-9)10-16-8(5-15)6-17-10;/h1-4,6H,5,15H2;1H. The van der Waals surface area contributed by atoms with Crippen LogP contribution >= 0.6 is 12.4 Å². The van der Waals surface area contributed by atoms with Crippen LogP contribution < -0.4 is 10.5 Å². The van der Waals surface area contributed by atoms with Crippen molar-refractivity contribution in [1.82, 2.24) is 4.98 Å². The summed E-state index contributed by atoms with van der Waals surface area (Å²) in [6.45, 7) is 0.235. The molecule has 0 aliphatic carbocycles. The number of rotatable bonds is 3. The third kappa shape index (κ3) is 4.15. The van der Waals surface area contributed by atoms with E-state index in [1.165, 1.54) is 30.5 Å². The molecule has 0 bridgehead atoms. The number of halogens is 4. The lowest BCUT2D eigenvalue weighted by Crippen LogP contribution is -2.16. The molecule has 0 aliphatic heterocycles. The molecule has 0 spiro atoms. The Morgan fingerprint density at radius 2 is 1.84 bits per heavy atom. The molecular formula is C11H10ClF3N2O2. The van der Waals surface area contributed by atoms with Gasteiger partial charge in [0.25, 0.3) is 0 Å². The van der Waals surface area contributed by atoms with Crippen molar-refractivity contribution < 1.29 is 22.3 Å². The van der Waals surface area contributed by atoms with Gasteiger partial charge < -0.3 is 14.9 Å². The lowest BCUT2D eigenvalue weighted by Gasteiger charge is -2.08. The van der Waals surface area contributed by atoms with E-state index in [1.807, 2.05) is 0 Å². The zero-order valence-electron chi connectivity index (χ0n) is 9.48. The van der Waals surface area contributed by atoms with Gasteiger partial charge in [-0.1, -0.05) is 0 Å². The minimum atomic E-state index is -4.70. The normalized spacial score (nSPS) is 10.9. The molecule has 0 saturated heterocycles. The van der Waals surface area contributed by atoms with Gasteiger partial charge in [-0.05, 0) is 24.3 Å². The number of ether oxygens (including phenoxy) is 1. The Hall–Kier alpha value is -1.73. The van der Waals surface area contributed by atoms with Crippen LogP contribution in [-0.2, 0) is 6.54 Å². The molecule has 8 heteroatoms. The Kier molecular flexibility index (Phi) is 4.79. The third-order valence-corrected chi connectivity index (χ3v) is 2.10. The summed E-state index contributed by atoms with van der Waals surface area (Å²) >= 11 is 0. The van der Waals surface area contributed by atoms with Gasteiger partial charge in [-0.3, -0.25) is 0 Å². The van der Waals surface area contributed by atoms with E-state index in [4.69, 9.17) is 10.2 Å². The van der Waals surface area contributed by atoms with Crippen LogP contribution in [0.2, 0.25) is 0 Å². The quantitative estimate of drug-likeness (QED) is 0.945. The van der Waals surface area contributed by atoms with E-state index in [0.717, 1.165) is 0 Å². The van der Waals surface area contributed by atoms with Crippen molar-refractivity contribution in [2.24, 2.45) is 5.73 Å². The van der Waals surface area contributed by atoms with E-state index < -0.39 is 6.36 Å². The number of oxazole rings is 1. The minimum Gasteiger partial charge on any atom is -0.444 e. The van der Waals surface area contributed by atoms with Crippen LogP contribution in [0.5, 0.6) is 5.75 Å². The summed E-state index contributed by atoms with van der Waals surface area (Å²) in [5, 5.41) is 0. The fourth-order valence-electron chi connectivity index (χ4n) is 1.33. The first-order chi connectivity index (χ1) is 8.48. The number of nitrogens with zero attached hydrogens (tertiary/aromatic N) is 1. The topological polar surface area (TPSA) is 61.3 Å². The van der Waals surface area contributed by atoms with Crippen LogP contribution in [0.1, 0.15) is 5.69 Å². The monoisotopic (exact) mass is 294 g/mol. The lowest BCUT2D eigenvalue weighted by molar-refractivity contribution is -0.274. The Bertz CT molecular complexity index is 525. The van der Waals surface area contributed by atoms with E-state index in [1.54, 1.807) is 0 Å². The zero-order chi connectivity index (χ0) is 13.2. The average Bonchev–Trinajstić information content (AvgIpc) is 2.76. The molecule has 0 amide bonds. The van der Waals surface area contributed by atoms with Gasteiger partial charge in [-0.15, -0.1) is 25.6 Å². The van der Waals surface area contributed by atoms with Crippen molar-refractivity contribution in [2.75, 3.05) is 0 Å². The molecule has 0 fully saturated rings. The smallest absolute Gasteiger partial charge is 0.444 e. The maximum absolute atomic E-state index is 11.9.